The van der Waals surface area contributed by atoms with Crippen molar-refractivity contribution in [3.8, 4) is 5.75 Å². The van der Waals surface area contributed by atoms with Crippen LogP contribution in [0.4, 0.5) is 13.6 Å². The molecule has 1 aliphatic rings. The Bertz CT molecular complexity index is 918. The van der Waals surface area contributed by atoms with E-state index in [0.717, 1.165) is 17.3 Å². The zero-order chi connectivity index (χ0) is 21.0. The van der Waals surface area contributed by atoms with Gasteiger partial charge in [-0.15, -0.1) is 0 Å². The molecular weight excluding hydrogens is 380 g/mol. The summed E-state index contributed by atoms with van der Waals surface area (Å²) in [5.41, 5.74) is 1.77. The highest BCUT2D eigenvalue weighted by atomic mass is 19.1. The van der Waals surface area contributed by atoms with Crippen molar-refractivity contribution < 1.29 is 23.1 Å². The van der Waals surface area contributed by atoms with Crippen molar-refractivity contribution in [2.45, 2.75) is 19.1 Å². The molecule has 2 aromatic rings. The Balaban J connectivity index is 1.73. The van der Waals surface area contributed by atoms with Gasteiger partial charge >= 0.3 is 6.03 Å². The first-order valence-electron chi connectivity index (χ1n) is 9.15. The third-order valence-corrected chi connectivity index (χ3v) is 4.60. The Morgan fingerprint density at radius 2 is 2.00 bits per heavy atom. The van der Waals surface area contributed by atoms with Crippen molar-refractivity contribution in [1.29, 1.82) is 0 Å². The number of halogens is 2. The highest BCUT2D eigenvalue weighted by molar-refractivity contribution is 6.03. The molecule has 0 fully saturated rings. The molecule has 0 aromatic heterocycles. The number of ether oxygens (including phenoxy) is 1. The van der Waals surface area contributed by atoms with Crippen molar-refractivity contribution in [3.05, 3.63) is 65.2 Å². The van der Waals surface area contributed by atoms with Crippen LogP contribution in [0.25, 0.3) is 0 Å². The van der Waals surface area contributed by atoms with Gasteiger partial charge in [-0.05, 0) is 18.2 Å². The normalized spacial score (nSPS) is 15.5. The second-order valence-corrected chi connectivity index (χ2v) is 6.96. The third kappa shape index (κ3) is 4.82. The maximum atomic E-state index is 14.1. The molecule has 1 unspecified atom stereocenters. The van der Waals surface area contributed by atoms with E-state index >= 15 is 0 Å². The molecule has 8 heteroatoms. The Labute approximate surface area is 168 Å². The van der Waals surface area contributed by atoms with Crippen molar-refractivity contribution in [2.75, 3.05) is 27.7 Å². The van der Waals surface area contributed by atoms with Crippen molar-refractivity contribution in [3.63, 3.8) is 0 Å². The molecule has 0 aliphatic carbocycles. The van der Waals surface area contributed by atoms with Crippen LogP contribution in [0.2, 0.25) is 0 Å². The molecule has 1 aliphatic heterocycles. The lowest BCUT2D eigenvalue weighted by Gasteiger charge is -2.28. The van der Waals surface area contributed by atoms with E-state index in [1.54, 1.807) is 21.2 Å². The average molecular weight is 403 g/mol. The van der Waals surface area contributed by atoms with E-state index in [4.69, 9.17) is 9.57 Å². The minimum Gasteiger partial charge on any atom is -0.496 e. The highest BCUT2D eigenvalue weighted by Crippen LogP contribution is 2.25. The first-order valence-corrected chi connectivity index (χ1v) is 9.15. The van der Waals surface area contributed by atoms with E-state index in [2.05, 4.69) is 5.16 Å². The Kier molecular flexibility index (Phi) is 6.31. The van der Waals surface area contributed by atoms with Gasteiger partial charge in [0.1, 0.15) is 17.4 Å². The number of carbonyl (C=O) groups excluding carboxylic acids is 1. The summed E-state index contributed by atoms with van der Waals surface area (Å²) in [6.45, 7) is 0.197. The van der Waals surface area contributed by atoms with Crippen LogP contribution in [0.1, 0.15) is 17.5 Å². The van der Waals surface area contributed by atoms with Crippen LogP contribution in [-0.2, 0) is 11.4 Å². The Morgan fingerprint density at radius 1 is 1.24 bits per heavy atom. The molecular formula is C21H23F2N3O3. The fourth-order valence-electron chi connectivity index (χ4n) is 3.16. The van der Waals surface area contributed by atoms with Gasteiger partial charge in [-0.1, -0.05) is 23.4 Å². The smallest absolute Gasteiger partial charge is 0.319 e. The van der Waals surface area contributed by atoms with Gasteiger partial charge in [0.05, 0.1) is 25.9 Å². The number of oxime groups is 1. The van der Waals surface area contributed by atoms with E-state index in [1.165, 1.54) is 21.9 Å². The van der Waals surface area contributed by atoms with E-state index in [1.807, 2.05) is 24.3 Å². The van der Waals surface area contributed by atoms with Gasteiger partial charge in [0.2, 0.25) is 0 Å². The number of para-hydroxylation sites is 1. The summed E-state index contributed by atoms with van der Waals surface area (Å²) < 4.78 is 32.7. The first kappa shape index (κ1) is 20.6. The molecule has 2 aromatic carbocycles. The van der Waals surface area contributed by atoms with Gasteiger partial charge in [-0.2, -0.15) is 0 Å². The molecule has 2 amide bonds. The fraction of sp³-hybridized carbons (Fsp3) is 0.333. The third-order valence-electron chi connectivity index (χ3n) is 4.60. The lowest BCUT2D eigenvalue weighted by Crippen LogP contribution is -2.43. The summed E-state index contributed by atoms with van der Waals surface area (Å²) in [7, 11) is 4.81. The summed E-state index contributed by atoms with van der Waals surface area (Å²) in [6.07, 6.45) is 0.0889. The summed E-state index contributed by atoms with van der Waals surface area (Å²) in [4.78, 5) is 21.0. The maximum Gasteiger partial charge on any atom is 0.319 e. The predicted molar refractivity (Wildman–Crippen MR) is 105 cm³/mol. The minimum absolute atomic E-state index is 0.00697. The van der Waals surface area contributed by atoms with Crippen molar-refractivity contribution in [2.24, 2.45) is 5.16 Å². The molecule has 1 heterocycles. The number of carbonyl (C=O) groups is 1. The van der Waals surface area contributed by atoms with Crippen LogP contribution in [0.15, 0.2) is 47.6 Å². The fourth-order valence-corrected chi connectivity index (χ4v) is 3.16. The van der Waals surface area contributed by atoms with Gasteiger partial charge in [0.25, 0.3) is 0 Å². The SMILES string of the molecule is COc1ccccc1C1=NOC(CN(Cc2ccc(F)cc2F)C(=O)N(C)C)C1. The zero-order valence-corrected chi connectivity index (χ0v) is 16.6. The predicted octanol–water partition coefficient (Wildman–Crippen LogP) is 3.65. The Hall–Kier alpha value is -3.16. The van der Waals surface area contributed by atoms with Gasteiger partial charge in [-0.25, -0.2) is 13.6 Å². The lowest BCUT2D eigenvalue weighted by molar-refractivity contribution is 0.0548. The molecule has 3 rings (SSSR count). The molecule has 6 nitrogen and oxygen atoms in total. The molecule has 154 valence electrons. The summed E-state index contributed by atoms with van der Waals surface area (Å²) >= 11 is 0. The number of hydrogen-bond acceptors (Lipinski definition) is 4. The number of hydrogen-bond donors (Lipinski definition) is 0. The summed E-state index contributed by atoms with van der Waals surface area (Å²) in [6, 6.07) is 10.5. The van der Waals surface area contributed by atoms with Gasteiger partial charge in [-0.3, -0.25) is 0 Å². The Morgan fingerprint density at radius 3 is 2.69 bits per heavy atom. The number of methoxy groups -OCH3 is 1. The van der Waals surface area contributed by atoms with Crippen LogP contribution < -0.4 is 4.74 Å². The van der Waals surface area contributed by atoms with E-state index in [-0.39, 0.29) is 30.8 Å². The largest absolute Gasteiger partial charge is 0.496 e. The van der Waals surface area contributed by atoms with Gasteiger partial charge in [0, 0.05) is 37.7 Å². The number of amides is 2. The number of nitrogens with zero attached hydrogens (tertiary/aromatic N) is 3. The van der Waals surface area contributed by atoms with E-state index in [0.29, 0.717) is 12.2 Å². The second kappa shape index (κ2) is 8.89. The van der Waals surface area contributed by atoms with Gasteiger partial charge < -0.3 is 19.4 Å². The first-order chi connectivity index (χ1) is 13.9. The highest BCUT2D eigenvalue weighted by Gasteiger charge is 2.29. The molecule has 0 spiro atoms. The summed E-state index contributed by atoms with van der Waals surface area (Å²) in [5, 5.41) is 4.15. The number of urea groups is 1. The molecule has 0 N–H and O–H groups in total. The van der Waals surface area contributed by atoms with E-state index < -0.39 is 11.6 Å². The van der Waals surface area contributed by atoms with Crippen LogP contribution in [0.5, 0.6) is 5.75 Å². The lowest BCUT2D eigenvalue weighted by atomic mass is 10.0. The van der Waals surface area contributed by atoms with Crippen LogP contribution in [-0.4, -0.2) is 55.4 Å². The maximum absolute atomic E-state index is 14.1. The topological polar surface area (TPSA) is 54.4 Å². The number of benzene rings is 2. The molecule has 29 heavy (non-hydrogen) atoms. The molecule has 0 saturated carbocycles. The van der Waals surface area contributed by atoms with Crippen molar-refractivity contribution >= 4 is 11.7 Å². The second-order valence-electron chi connectivity index (χ2n) is 6.96. The van der Waals surface area contributed by atoms with Crippen molar-refractivity contribution in [1.82, 2.24) is 9.80 Å². The minimum atomic E-state index is -0.695. The van der Waals surface area contributed by atoms with Crippen LogP contribution in [0, 0.1) is 11.6 Å². The zero-order valence-electron chi connectivity index (χ0n) is 16.6. The molecule has 0 radical (unpaired) electrons. The van der Waals surface area contributed by atoms with E-state index in [9.17, 15) is 13.6 Å². The van der Waals surface area contributed by atoms with Crippen LogP contribution in [0.3, 0.4) is 0 Å². The quantitative estimate of drug-likeness (QED) is 0.740. The van der Waals surface area contributed by atoms with Gasteiger partial charge in [0.15, 0.2) is 6.10 Å². The number of rotatable bonds is 6. The average Bonchev–Trinajstić information content (AvgIpc) is 3.17. The van der Waals surface area contributed by atoms with Crippen LogP contribution >= 0.6 is 0 Å². The molecule has 0 saturated heterocycles. The monoisotopic (exact) mass is 403 g/mol. The molecule has 1 atom stereocenters. The summed E-state index contributed by atoms with van der Waals surface area (Å²) in [5.74, 6) is -0.671. The standard InChI is InChI=1S/C21H23F2N3O3/c1-25(2)21(27)26(12-14-8-9-15(22)10-18(14)23)13-16-11-19(24-29-16)17-6-4-5-7-20(17)28-3/h4-10,16H,11-13H2,1-3H3. The molecule has 0 bridgehead atoms.